The largest absolute Gasteiger partial charge is 0.480 e. The summed E-state index contributed by atoms with van der Waals surface area (Å²) in [5.74, 6) is 1.44. The lowest BCUT2D eigenvalue weighted by atomic mass is 10.1. The lowest BCUT2D eigenvalue weighted by Gasteiger charge is -2.10. The van der Waals surface area contributed by atoms with Crippen molar-refractivity contribution in [2.45, 2.75) is 25.4 Å². The molecule has 92 valence electrons. The summed E-state index contributed by atoms with van der Waals surface area (Å²) < 4.78 is 5.59. The second-order valence-electron chi connectivity index (χ2n) is 4.11. The van der Waals surface area contributed by atoms with Crippen LogP contribution in [0, 0.1) is 0 Å². The predicted molar refractivity (Wildman–Crippen MR) is 67.5 cm³/mol. The monoisotopic (exact) mass is 253 g/mol. The highest BCUT2D eigenvalue weighted by Gasteiger charge is 2.28. The molecule has 1 aliphatic rings. The van der Waals surface area contributed by atoms with Crippen molar-refractivity contribution in [2.24, 2.45) is 0 Å². The van der Waals surface area contributed by atoms with Gasteiger partial charge >= 0.3 is 0 Å². The number of hydrogen-bond acceptors (Lipinski definition) is 2. The van der Waals surface area contributed by atoms with Crippen molar-refractivity contribution < 1.29 is 9.53 Å². The molecular weight excluding hydrogens is 238 g/mol. The molecule has 1 aromatic rings. The van der Waals surface area contributed by atoms with Crippen molar-refractivity contribution in [1.29, 1.82) is 0 Å². The number of hydrogen-bond donors (Lipinski definition) is 1. The fourth-order valence-electron chi connectivity index (χ4n) is 1.87. The van der Waals surface area contributed by atoms with E-state index in [1.54, 1.807) is 0 Å². The first kappa shape index (κ1) is 12.2. The van der Waals surface area contributed by atoms with Gasteiger partial charge in [-0.05, 0) is 24.5 Å². The number of carbonyl (C=O) groups is 1. The Morgan fingerprint density at radius 2 is 2.24 bits per heavy atom. The van der Waals surface area contributed by atoms with E-state index in [2.05, 4.69) is 5.32 Å². The molecule has 0 spiro atoms. The van der Waals surface area contributed by atoms with Crippen molar-refractivity contribution in [3.8, 4) is 5.75 Å². The molecular formula is C13H16ClNO2. The predicted octanol–water partition coefficient (Wildman–Crippen LogP) is 2.13. The minimum atomic E-state index is -0.372. The molecule has 0 aliphatic carbocycles. The molecule has 1 heterocycles. The van der Waals surface area contributed by atoms with Crippen molar-refractivity contribution in [1.82, 2.24) is 5.32 Å². The van der Waals surface area contributed by atoms with Gasteiger partial charge in [0.25, 0.3) is 5.91 Å². The highest BCUT2D eigenvalue weighted by Crippen LogP contribution is 2.27. The van der Waals surface area contributed by atoms with Gasteiger partial charge in [-0.1, -0.05) is 18.2 Å². The molecule has 0 saturated carbocycles. The number of alkyl halides is 1. The average molecular weight is 254 g/mol. The quantitative estimate of drug-likeness (QED) is 0.645. The third-order valence-electron chi connectivity index (χ3n) is 2.80. The maximum atomic E-state index is 11.8. The molecule has 0 radical (unpaired) electrons. The second-order valence-corrected chi connectivity index (χ2v) is 4.48. The zero-order chi connectivity index (χ0) is 12.1. The Morgan fingerprint density at radius 1 is 1.41 bits per heavy atom. The van der Waals surface area contributed by atoms with Crippen molar-refractivity contribution in [2.75, 3.05) is 12.4 Å². The topological polar surface area (TPSA) is 38.3 Å². The first-order valence-electron chi connectivity index (χ1n) is 5.89. The van der Waals surface area contributed by atoms with E-state index in [0.29, 0.717) is 18.8 Å². The van der Waals surface area contributed by atoms with Gasteiger partial charge < -0.3 is 10.1 Å². The molecule has 0 aromatic heterocycles. The summed E-state index contributed by atoms with van der Waals surface area (Å²) in [6.07, 6.45) is 2.13. The fourth-order valence-corrected chi connectivity index (χ4v) is 2.06. The number of halogens is 1. The van der Waals surface area contributed by atoms with Gasteiger partial charge in [0, 0.05) is 18.8 Å². The minimum Gasteiger partial charge on any atom is -0.480 e. The van der Waals surface area contributed by atoms with Gasteiger partial charge in [-0.3, -0.25) is 4.79 Å². The lowest BCUT2D eigenvalue weighted by Crippen LogP contribution is -2.37. The number of carbonyl (C=O) groups excluding carboxylic acids is 1. The molecule has 1 aromatic carbocycles. The zero-order valence-corrected chi connectivity index (χ0v) is 10.4. The van der Waals surface area contributed by atoms with E-state index in [0.717, 1.165) is 24.2 Å². The minimum absolute atomic E-state index is 0.0317. The van der Waals surface area contributed by atoms with E-state index in [1.807, 2.05) is 24.3 Å². The summed E-state index contributed by atoms with van der Waals surface area (Å²) in [5, 5.41) is 2.87. The van der Waals surface area contributed by atoms with Crippen molar-refractivity contribution in [3.63, 3.8) is 0 Å². The summed E-state index contributed by atoms with van der Waals surface area (Å²) in [6, 6.07) is 7.77. The van der Waals surface area contributed by atoms with Gasteiger partial charge in [-0.25, -0.2) is 0 Å². The molecule has 0 saturated heterocycles. The Morgan fingerprint density at radius 3 is 3.00 bits per heavy atom. The summed E-state index contributed by atoms with van der Waals surface area (Å²) in [6.45, 7) is 0.668. The van der Waals surface area contributed by atoms with Gasteiger partial charge in [-0.2, -0.15) is 0 Å². The number of unbranched alkanes of at least 4 members (excludes halogenated alkanes) is 1. The Labute approximate surface area is 106 Å². The van der Waals surface area contributed by atoms with Crippen LogP contribution in [0.5, 0.6) is 5.75 Å². The smallest absolute Gasteiger partial charge is 0.261 e. The third kappa shape index (κ3) is 3.13. The SMILES string of the molecule is O=C(NCCCCCl)C1Cc2ccccc2O1. The molecule has 1 atom stereocenters. The number of benzene rings is 1. The summed E-state index contributed by atoms with van der Waals surface area (Å²) >= 11 is 5.57. The van der Waals surface area contributed by atoms with Crippen LogP contribution in [0.4, 0.5) is 0 Å². The molecule has 1 N–H and O–H groups in total. The molecule has 0 bridgehead atoms. The molecule has 4 heteroatoms. The Bertz CT molecular complexity index is 370. The van der Waals surface area contributed by atoms with E-state index >= 15 is 0 Å². The van der Waals surface area contributed by atoms with Crippen LogP contribution in [0.2, 0.25) is 0 Å². The normalized spacial score (nSPS) is 17.4. The molecule has 1 amide bonds. The lowest BCUT2D eigenvalue weighted by molar-refractivity contribution is -0.127. The summed E-state index contributed by atoms with van der Waals surface area (Å²) in [5.41, 5.74) is 1.11. The van der Waals surface area contributed by atoms with Crippen LogP contribution in [0.3, 0.4) is 0 Å². The van der Waals surface area contributed by atoms with Gasteiger partial charge in [0.15, 0.2) is 6.10 Å². The molecule has 0 fully saturated rings. The number of para-hydroxylation sites is 1. The molecule has 3 nitrogen and oxygen atoms in total. The first-order valence-corrected chi connectivity index (χ1v) is 6.43. The highest BCUT2D eigenvalue weighted by molar-refractivity contribution is 6.17. The van der Waals surface area contributed by atoms with Gasteiger partial charge in [0.05, 0.1) is 0 Å². The molecule has 1 aliphatic heterocycles. The van der Waals surface area contributed by atoms with Crippen molar-refractivity contribution >= 4 is 17.5 Å². The standard InChI is InChI=1S/C13H16ClNO2/c14-7-3-4-8-15-13(16)12-9-10-5-1-2-6-11(10)17-12/h1-2,5-6,12H,3-4,7-9H2,(H,15,16). The first-order chi connectivity index (χ1) is 8.31. The van der Waals surface area contributed by atoms with Crippen LogP contribution in [-0.2, 0) is 11.2 Å². The number of nitrogens with one attached hydrogen (secondary N) is 1. The average Bonchev–Trinajstić information content (AvgIpc) is 2.78. The van der Waals surface area contributed by atoms with Crippen LogP contribution in [0.1, 0.15) is 18.4 Å². The van der Waals surface area contributed by atoms with Crippen LogP contribution in [0.25, 0.3) is 0 Å². The Hall–Kier alpha value is -1.22. The van der Waals surface area contributed by atoms with Crippen LogP contribution < -0.4 is 10.1 Å². The van der Waals surface area contributed by atoms with Gasteiger partial charge in [0.1, 0.15) is 5.75 Å². The Kier molecular flexibility index (Phi) is 4.26. The second kappa shape index (κ2) is 5.92. The third-order valence-corrected chi connectivity index (χ3v) is 3.07. The molecule has 17 heavy (non-hydrogen) atoms. The number of fused-ring (bicyclic) bond motifs is 1. The van der Waals surface area contributed by atoms with E-state index in [9.17, 15) is 4.79 Å². The van der Waals surface area contributed by atoms with Crippen LogP contribution in [-0.4, -0.2) is 24.4 Å². The van der Waals surface area contributed by atoms with E-state index < -0.39 is 0 Å². The molecule has 2 rings (SSSR count). The maximum Gasteiger partial charge on any atom is 0.261 e. The van der Waals surface area contributed by atoms with Crippen LogP contribution >= 0.6 is 11.6 Å². The van der Waals surface area contributed by atoms with Gasteiger partial charge in [-0.15, -0.1) is 11.6 Å². The van der Waals surface area contributed by atoms with Crippen molar-refractivity contribution in [3.05, 3.63) is 29.8 Å². The van der Waals surface area contributed by atoms with Gasteiger partial charge in [0.2, 0.25) is 0 Å². The fraction of sp³-hybridized carbons (Fsp3) is 0.462. The number of rotatable bonds is 5. The maximum absolute atomic E-state index is 11.8. The number of ether oxygens (including phenoxy) is 1. The van der Waals surface area contributed by atoms with E-state index in [-0.39, 0.29) is 12.0 Å². The zero-order valence-electron chi connectivity index (χ0n) is 9.62. The van der Waals surface area contributed by atoms with E-state index in [4.69, 9.17) is 16.3 Å². The highest BCUT2D eigenvalue weighted by atomic mass is 35.5. The molecule has 1 unspecified atom stereocenters. The Balaban J connectivity index is 1.80. The van der Waals surface area contributed by atoms with Crippen LogP contribution in [0.15, 0.2) is 24.3 Å². The van der Waals surface area contributed by atoms with E-state index in [1.165, 1.54) is 0 Å². The summed E-state index contributed by atoms with van der Waals surface area (Å²) in [7, 11) is 0. The number of amides is 1. The summed E-state index contributed by atoms with van der Waals surface area (Å²) in [4.78, 5) is 11.8.